The maximum Gasteiger partial charge on any atom is 0.321 e. The molecule has 0 radical (unpaired) electrons. The third-order valence-electron chi connectivity index (χ3n) is 6.02. The predicted octanol–water partition coefficient (Wildman–Crippen LogP) is 4.40. The maximum atomic E-state index is 12.8. The van der Waals surface area contributed by atoms with E-state index >= 15 is 0 Å². The number of hydrogen-bond acceptors (Lipinski definition) is 4. The van der Waals surface area contributed by atoms with Crippen LogP contribution in [0.2, 0.25) is 0 Å². The number of urea groups is 1. The highest BCUT2D eigenvalue weighted by Crippen LogP contribution is 2.30. The van der Waals surface area contributed by atoms with Gasteiger partial charge in [-0.25, -0.2) is 4.79 Å². The summed E-state index contributed by atoms with van der Waals surface area (Å²) >= 11 is 0. The summed E-state index contributed by atoms with van der Waals surface area (Å²) in [5, 5.41) is 3.14. The van der Waals surface area contributed by atoms with E-state index in [9.17, 15) is 4.79 Å². The van der Waals surface area contributed by atoms with Crippen molar-refractivity contribution in [1.29, 1.82) is 0 Å². The Morgan fingerprint density at radius 3 is 2.33 bits per heavy atom. The molecule has 2 aromatic rings. The first-order valence-electron chi connectivity index (χ1n) is 10.8. The lowest BCUT2D eigenvalue weighted by atomic mass is 9.92. The zero-order valence-corrected chi connectivity index (χ0v) is 17.9. The topological polar surface area (TPSA) is 54.0 Å². The van der Waals surface area contributed by atoms with E-state index in [0.29, 0.717) is 5.92 Å². The summed E-state index contributed by atoms with van der Waals surface area (Å²) in [7, 11) is 3.32. The van der Waals surface area contributed by atoms with Gasteiger partial charge in [0, 0.05) is 32.2 Å². The summed E-state index contributed by atoms with van der Waals surface area (Å²) in [6, 6.07) is 14.1. The number of nitrogens with zero attached hydrogens (tertiary/aromatic N) is 2. The zero-order valence-electron chi connectivity index (χ0n) is 17.9. The van der Waals surface area contributed by atoms with Crippen molar-refractivity contribution in [3.63, 3.8) is 0 Å². The maximum absolute atomic E-state index is 12.8. The van der Waals surface area contributed by atoms with Gasteiger partial charge in [-0.05, 0) is 61.4 Å². The van der Waals surface area contributed by atoms with E-state index in [4.69, 9.17) is 9.47 Å². The lowest BCUT2D eigenvalue weighted by Gasteiger charge is -2.39. The molecule has 2 aromatic carbocycles. The molecule has 30 heavy (non-hydrogen) atoms. The molecule has 0 aromatic heterocycles. The number of benzene rings is 2. The van der Waals surface area contributed by atoms with E-state index < -0.39 is 0 Å². The molecule has 0 bridgehead atoms. The van der Waals surface area contributed by atoms with Crippen LogP contribution >= 0.6 is 0 Å². The second-order valence-corrected chi connectivity index (χ2v) is 8.19. The lowest BCUT2D eigenvalue weighted by Crippen LogP contribution is -2.52. The fraction of sp³-hybridized carbons (Fsp3) is 0.458. The van der Waals surface area contributed by atoms with Gasteiger partial charge in [0.25, 0.3) is 0 Å². The Bertz CT molecular complexity index is 851. The average Bonchev–Trinajstić information content (AvgIpc) is 2.76. The fourth-order valence-electron chi connectivity index (χ4n) is 4.37. The molecule has 0 unspecified atom stereocenters. The fourth-order valence-corrected chi connectivity index (χ4v) is 4.37. The molecule has 0 saturated carbocycles. The third-order valence-corrected chi connectivity index (χ3v) is 6.02. The van der Waals surface area contributed by atoms with Gasteiger partial charge >= 0.3 is 6.03 Å². The Morgan fingerprint density at radius 1 is 1.00 bits per heavy atom. The van der Waals surface area contributed by atoms with Crippen LogP contribution < -0.4 is 19.7 Å². The van der Waals surface area contributed by atoms with Crippen molar-refractivity contribution in [3.8, 4) is 11.5 Å². The van der Waals surface area contributed by atoms with Crippen LogP contribution in [0.15, 0.2) is 42.5 Å². The minimum atomic E-state index is -0.0149. The van der Waals surface area contributed by atoms with Crippen LogP contribution in [-0.4, -0.2) is 51.3 Å². The van der Waals surface area contributed by atoms with Gasteiger partial charge in [0.2, 0.25) is 0 Å². The molecule has 4 rings (SSSR count). The van der Waals surface area contributed by atoms with Crippen LogP contribution in [-0.2, 0) is 6.42 Å². The molecular formula is C24H31N3O3. The van der Waals surface area contributed by atoms with E-state index in [1.54, 1.807) is 14.2 Å². The molecule has 0 aliphatic carbocycles. The summed E-state index contributed by atoms with van der Waals surface area (Å²) in [6.07, 6.45) is 4.62. The molecule has 0 atom stereocenters. The minimum absolute atomic E-state index is 0.0149. The summed E-state index contributed by atoms with van der Waals surface area (Å²) in [5.74, 6) is 2.05. The molecule has 2 heterocycles. The van der Waals surface area contributed by atoms with Crippen molar-refractivity contribution in [2.45, 2.75) is 25.7 Å². The lowest BCUT2D eigenvalue weighted by molar-refractivity contribution is 0.131. The number of methoxy groups -OCH3 is 2. The Balaban J connectivity index is 1.33. The Morgan fingerprint density at radius 2 is 1.67 bits per heavy atom. The van der Waals surface area contributed by atoms with Crippen LogP contribution in [0.25, 0.3) is 0 Å². The second-order valence-electron chi connectivity index (χ2n) is 8.19. The minimum Gasteiger partial charge on any atom is -0.497 e. The molecule has 0 spiro atoms. The van der Waals surface area contributed by atoms with Crippen molar-refractivity contribution < 1.29 is 14.3 Å². The SMILES string of the molecule is COc1cc(CC2CN(C(=O)Nc3ccccc3N3CCCCC3)C2)cc(OC)c1. The molecule has 2 fully saturated rings. The van der Waals surface area contributed by atoms with E-state index in [1.165, 1.54) is 24.8 Å². The van der Waals surface area contributed by atoms with Crippen molar-refractivity contribution in [3.05, 3.63) is 48.0 Å². The number of para-hydroxylation sites is 2. The molecule has 2 saturated heterocycles. The number of likely N-dealkylation sites (tertiary alicyclic amines) is 1. The third kappa shape index (κ3) is 4.64. The monoisotopic (exact) mass is 409 g/mol. The number of nitrogens with one attached hydrogen (secondary N) is 1. The Hall–Kier alpha value is -2.89. The normalized spacial score (nSPS) is 16.7. The molecule has 2 amide bonds. The van der Waals surface area contributed by atoms with Crippen LogP contribution in [0.3, 0.4) is 0 Å². The van der Waals surface area contributed by atoms with Crippen LogP contribution in [0.5, 0.6) is 11.5 Å². The summed E-state index contributed by atoms with van der Waals surface area (Å²) in [4.78, 5) is 17.1. The highest BCUT2D eigenvalue weighted by molar-refractivity contribution is 5.93. The summed E-state index contributed by atoms with van der Waals surface area (Å²) in [5.41, 5.74) is 3.21. The van der Waals surface area contributed by atoms with Crippen molar-refractivity contribution in [2.24, 2.45) is 5.92 Å². The zero-order chi connectivity index (χ0) is 20.9. The summed E-state index contributed by atoms with van der Waals surface area (Å²) < 4.78 is 10.7. The molecule has 160 valence electrons. The van der Waals surface area contributed by atoms with Crippen molar-refractivity contribution >= 4 is 17.4 Å². The number of hydrogen-bond donors (Lipinski definition) is 1. The first-order chi connectivity index (χ1) is 14.7. The van der Waals surface area contributed by atoms with Crippen molar-refractivity contribution in [1.82, 2.24) is 4.90 Å². The predicted molar refractivity (Wildman–Crippen MR) is 120 cm³/mol. The van der Waals surface area contributed by atoms with Gasteiger partial charge in [0.1, 0.15) is 11.5 Å². The largest absolute Gasteiger partial charge is 0.497 e. The molecule has 2 aliphatic rings. The highest BCUT2D eigenvalue weighted by atomic mass is 16.5. The van der Waals surface area contributed by atoms with Crippen LogP contribution in [0.1, 0.15) is 24.8 Å². The van der Waals surface area contributed by atoms with Gasteiger partial charge in [0.05, 0.1) is 25.6 Å². The van der Waals surface area contributed by atoms with Gasteiger partial charge < -0.3 is 24.6 Å². The van der Waals surface area contributed by atoms with E-state index in [1.807, 2.05) is 41.3 Å². The van der Waals surface area contributed by atoms with Gasteiger partial charge in [-0.3, -0.25) is 0 Å². The number of rotatable bonds is 6. The van der Waals surface area contributed by atoms with Gasteiger partial charge in [-0.1, -0.05) is 12.1 Å². The standard InChI is InChI=1S/C24H31N3O3/c1-29-20-13-18(14-21(15-20)30-2)12-19-16-27(17-19)24(28)25-22-8-4-5-9-23(22)26-10-6-3-7-11-26/h4-5,8-9,13-15,19H,3,6-7,10-12,16-17H2,1-2H3,(H,25,28). The first-order valence-corrected chi connectivity index (χ1v) is 10.8. The molecule has 1 N–H and O–H groups in total. The van der Waals surface area contributed by atoms with E-state index in [2.05, 4.69) is 16.3 Å². The molecule has 2 aliphatic heterocycles. The van der Waals surface area contributed by atoms with Crippen molar-refractivity contribution in [2.75, 3.05) is 50.6 Å². The van der Waals surface area contributed by atoms with Crippen LogP contribution in [0.4, 0.5) is 16.2 Å². The molecule has 6 nitrogen and oxygen atoms in total. The molecule has 6 heteroatoms. The average molecular weight is 410 g/mol. The quantitative estimate of drug-likeness (QED) is 0.768. The smallest absolute Gasteiger partial charge is 0.321 e. The Kier molecular flexibility index (Phi) is 6.31. The number of carbonyl (C=O) groups is 1. The number of ether oxygens (including phenoxy) is 2. The van der Waals surface area contributed by atoms with Gasteiger partial charge in [-0.15, -0.1) is 0 Å². The van der Waals surface area contributed by atoms with E-state index in [0.717, 1.165) is 55.5 Å². The molecular weight excluding hydrogens is 378 g/mol. The van der Waals surface area contributed by atoms with Gasteiger partial charge in [-0.2, -0.15) is 0 Å². The highest BCUT2D eigenvalue weighted by Gasteiger charge is 2.31. The number of piperidine rings is 1. The Labute approximate surface area is 178 Å². The second kappa shape index (κ2) is 9.28. The number of anilines is 2. The van der Waals surface area contributed by atoms with E-state index in [-0.39, 0.29) is 6.03 Å². The number of amides is 2. The van der Waals surface area contributed by atoms with Gasteiger partial charge in [0.15, 0.2) is 0 Å². The first kappa shape index (κ1) is 20.4. The summed E-state index contributed by atoms with van der Waals surface area (Å²) in [6.45, 7) is 3.64. The van der Waals surface area contributed by atoms with Crippen LogP contribution in [0, 0.1) is 5.92 Å². The number of carbonyl (C=O) groups excluding carboxylic acids is 1.